The largest absolute Gasteiger partial charge is 0.489 e. The lowest BCUT2D eigenvalue weighted by Crippen LogP contribution is -2.21. The van der Waals surface area contributed by atoms with Gasteiger partial charge in [-0.3, -0.25) is 0 Å². The number of hydrogen-bond acceptors (Lipinski definition) is 3. The van der Waals surface area contributed by atoms with Crippen molar-refractivity contribution in [3.05, 3.63) is 53.2 Å². The maximum atomic E-state index is 13.0. The molecule has 0 aliphatic rings. The molecule has 0 unspecified atom stereocenters. The molecule has 0 atom stereocenters. The fourth-order valence-corrected chi connectivity index (χ4v) is 1.84. The first-order valence-electron chi connectivity index (χ1n) is 6.74. The van der Waals surface area contributed by atoms with Gasteiger partial charge in [0.2, 0.25) is 0 Å². The molecule has 0 saturated heterocycles. The van der Waals surface area contributed by atoms with Gasteiger partial charge in [0.15, 0.2) is 0 Å². The van der Waals surface area contributed by atoms with E-state index < -0.39 is 0 Å². The zero-order chi connectivity index (χ0) is 14.5. The molecule has 0 saturated carbocycles. The van der Waals surface area contributed by atoms with Crippen LogP contribution in [-0.4, -0.2) is 6.04 Å². The number of hydrogen-bond donors (Lipinski definition) is 1. The molecule has 2 aromatic rings. The number of nitrogens with one attached hydrogen (secondary N) is 1. The van der Waals surface area contributed by atoms with Crippen molar-refractivity contribution in [3.8, 4) is 5.75 Å². The van der Waals surface area contributed by atoms with Crippen LogP contribution >= 0.6 is 0 Å². The van der Waals surface area contributed by atoms with Gasteiger partial charge in [-0.15, -0.1) is 0 Å². The zero-order valence-corrected chi connectivity index (χ0v) is 12.1. The number of furan rings is 1. The summed E-state index contributed by atoms with van der Waals surface area (Å²) >= 11 is 0. The summed E-state index contributed by atoms with van der Waals surface area (Å²) in [4.78, 5) is 0. The summed E-state index contributed by atoms with van der Waals surface area (Å²) in [5, 5.41) is 3.30. The van der Waals surface area contributed by atoms with E-state index in [2.05, 4.69) is 19.2 Å². The summed E-state index contributed by atoms with van der Waals surface area (Å²) in [5.41, 5.74) is 0.981. The average molecular weight is 277 g/mol. The molecule has 0 aliphatic carbocycles. The lowest BCUT2D eigenvalue weighted by molar-refractivity contribution is 0.301. The molecular formula is C16H20FNO2. The third-order valence-corrected chi connectivity index (χ3v) is 2.95. The quantitative estimate of drug-likeness (QED) is 0.872. The minimum atomic E-state index is -0.298. The van der Waals surface area contributed by atoms with E-state index in [1.54, 1.807) is 12.1 Å². The number of ether oxygens (including phenoxy) is 1. The van der Waals surface area contributed by atoms with E-state index in [9.17, 15) is 4.39 Å². The summed E-state index contributed by atoms with van der Waals surface area (Å²) < 4.78 is 24.3. The molecule has 1 N–H and O–H groups in total. The van der Waals surface area contributed by atoms with Crippen LogP contribution in [-0.2, 0) is 13.2 Å². The molecule has 2 rings (SSSR count). The van der Waals surface area contributed by atoms with Crippen LogP contribution in [0.4, 0.5) is 4.39 Å². The highest BCUT2D eigenvalue weighted by Gasteiger charge is 2.08. The van der Waals surface area contributed by atoms with Crippen LogP contribution in [0.1, 0.15) is 30.9 Å². The molecule has 0 fully saturated rings. The summed E-state index contributed by atoms with van der Waals surface area (Å²) in [6.07, 6.45) is 0. The van der Waals surface area contributed by atoms with E-state index in [0.29, 0.717) is 24.9 Å². The highest BCUT2D eigenvalue weighted by atomic mass is 19.1. The molecule has 1 aromatic heterocycles. The standard InChI is InChI=1S/C16H20FNO2/c1-11(2)18-9-16-7-13(12(3)20-16)10-19-15-6-4-5-14(17)8-15/h4-8,11,18H,9-10H2,1-3H3. The van der Waals surface area contributed by atoms with Gasteiger partial charge in [0, 0.05) is 17.7 Å². The van der Waals surface area contributed by atoms with E-state index >= 15 is 0 Å². The van der Waals surface area contributed by atoms with Gasteiger partial charge in [-0.25, -0.2) is 4.39 Å². The average Bonchev–Trinajstić information content (AvgIpc) is 2.75. The molecule has 3 nitrogen and oxygen atoms in total. The van der Waals surface area contributed by atoms with Crippen molar-refractivity contribution in [2.75, 3.05) is 0 Å². The van der Waals surface area contributed by atoms with Gasteiger partial charge >= 0.3 is 0 Å². The SMILES string of the molecule is Cc1oc(CNC(C)C)cc1COc1cccc(F)c1. The Morgan fingerprint density at radius 1 is 1.30 bits per heavy atom. The fraction of sp³-hybridized carbons (Fsp3) is 0.375. The molecule has 20 heavy (non-hydrogen) atoms. The molecule has 1 aromatic carbocycles. The van der Waals surface area contributed by atoms with Gasteiger partial charge in [0.05, 0.1) is 6.54 Å². The van der Waals surface area contributed by atoms with E-state index in [4.69, 9.17) is 9.15 Å². The lowest BCUT2D eigenvalue weighted by Gasteiger charge is -2.05. The van der Waals surface area contributed by atoms with E-state index in [1.807, 2.05) is 13.0 Å². The molecular weight excluding hydrogens is 257 g/mol. The Morgan fingerprint density at radius 3 is 2.80 bits per heavy atom. The molecule has 0 spiro atoms. The monoisotopic (exact) mass is 277 g/mol. The van der Waals surface area contributed by atoms with Gasteiger partial charge in [-0.2, -0.15) is 0 Å². The fourth-order valence-electron chi connectivity index (χ4n) is 1.84. The normalized spacial score (nSPS) is 11.1. The minimum Gasteiger partial charge on any atom is -0.489 e. The Balaban J connectivity index is 1.96. The minimum absolute atomic E-state index is 0.298. The Labute approximate surface area is 118 Å². The summed E-state index contributed by atoms with van der Waals surface area (Å²) in [7, 11) is 0. The number of rotatable bonds is 6. The lowest BCUT2D eigenvalue weighted by atomic mass is 10.2. The summed E-state index contributed by atoms with van der Waals surface area (Å²) in [6.45, 7) is 7.15. The summed E-state index contributed by atoms with van der Waals surface area (Å²) in [6, 6.07) is 8.52. The highest BCUT2D eigenvalue weighted by Crippen LogP contribution is 2.19. The number of aryl methyl sites for hydroxylation is 1. The van der Waals surface area contributed by atoms with Crippen molar-refractivity contribution >= 4 is 0 Å². The third-order valence-electron chi connectivity index (χ3n) is 2.95. The van der Waals surface area contributed by atoms with Crippen LogP contribution in [0.25, 0.3) is 0 Å². The van der Waals surface area contributed by atoms with Crippen LogP contribution in [0.5, 0.6) is 5.75 Å². The molecule has 0 bridgehead atoms. The van der Waals surface area contributed by atoms with Crippen LogP contribution in [0, 0.1) is 12.7 Å². The first-order valence-corrected chi connectivity index (χ1v) is 6.74. The highest BCUT2D eigenvalue weighted by molar-refractivity contribution is 5.25. The number of halogens is 1. The van der Waals surface area contributed by atoms with Crippen LogP contribution < -0.4 is 10.1 Å². The second-order valence-corrected chi connectivity index (χ2v) is 5.08. The molecule has 108 valence electrons. The van der Waals surface area contributed by atoms with E-state index in [0.717, 1.165) is 17.1 Å². The van der Waals surface area contributed by atoms with E-state index in [-0.39, 0.29) is 5.82 Å². The topological polar surface area (TPSA) is 34.4 Å². The smallest absolute Gasteiger partial charge is 0.126 e. The maximum absolute atomic E-state index is 13.0. The Bertz CT molecular complexity index is 563. The Morgan fingerprint density at radius 2 is 2.10 bits per heavy atom. The molecule has 4 heteroatoms. The second-order valence-electron chi connectivity index (χ2n) is 5.08. The van der Waals surface area contributed by atoms with Gasteiger partial charge in [0.1, 0.15) is 29.7 Å². The molecule has 1 heterocycles. The van der Waals surface area contributed by atoms with E-state index in [1.165, 1.54) is 12.1 Å². The Hall–Kier alpha value is -1.81. The van der Waals surface area contributed by atoms with Crippen molar-refractivity contribution in [3.63, 3.8) is 0 Å². The molecule has 0 amide bonds. The van der Waals surface area contributed by atoms with Crippen LogP contribution in [0.2, 0.25) is 0 Å². The van der Waals surface area contributed by atoms with Crippen molar-refractivity contribution in [1.82, 2.24) is 5.32 Å². The van der Waals surface area contributed by atoms with Crippen LogP contribution in [0.15, 0.2) is 34.7 Å². The van der Waals surface area contributed by atoms with Gasteiger partial charge in [-0.1, -0.05) is 19.9 Å². The second kappa shape index (κ2) is 6.57. The van der Waals surface area contributed by atoms with Gasteiger partial charge in [0.25, 0.3) is 0 Å². The van der Waals surface area contributed by atoms with Crippen molar-refractivity contribution < 1.29 is 13.5 Å². The Kier molecular flexibility index (Phi) is 4.79. The predicted octanol–water partition coefficient (Wildman–Crippen LogP) is 3.80. The molecule has 0 radical (unpaired) electrons. The van der Waals surface area contributed by atoms with Gasteiger partial charge in [-0.05, 0) is 25.1 Å². The first-order chi connectivity index (χ1) is 9.54. The van der Waals surface area contributed by atoms with Crippen molar-refractivity contribution in [2.45, 2.75) is 40.0 Å². The first kappa shape index (κ1) is 14.6. The van der Waals surface area contributed by atoms with Crippen molar-refractivity contribution in [2.24, 2.45) is 0 Å². The predicted molar refractivity (Wildman–Crippen MR) is 76.2 cm³/mol. The summed E-state index contributed by atoms with van der Waals surface area (Å²) in [5.74, 6) is 1.94. The van der Waals surface area contributed by atoms with Crippen LogP contribution in [0.3, 0.4) is 0 Å². The third kappa shape index (κ3) is 4.10. The van der Waals surface area contributed by atoms with Gasteiger partial charge < -0.3 is 14.5 Å². The number of benzene rings is 1. The molecule has 0 aliphatic heterocycles. The van der Waals surface area contributed by atoms with Crippen molar-refractivity contribution in [1.29, 1.82) is 0 Å². The zero-order valence-electron chi connectivity index (χ0n) is 12.1. The maximum Gasteiger partial charge on any atom is 0.126 e.